The minimum Gasteiger partial charge on any atom is -0.494 e. The molecule has 1 heterocycles. The Hall–Kier alpha value is -3.02. The fraction of sp³-hybridized carbons (Fsp3) is 0.440. The van der Waals surface area contributed by atoms with Gasteiger partial charge in [0.1, 0.15) is 5.75 Å². The minimum atomic E-state index is -0.172. The lowest BCUT2D eigenvalue weighted by Gasteiger charge is -2.26. The highest BCUT2D eigenvalue weighted by atomic mass is 16.5. The van der Waals surface area contributed by atoms with Crippen molar-refractivity contribution in [3.8, 4) is 5.75 Å². The van der Waals surface area contributed by atoms with Crippen molar-refractivity contribution in [1.29, 1.82) is 0 Å². The number of ether oxygens (including phenoxy) is 1. The maximum absolute atomic E-state index is 12.7. The lowest BCUT2D eigenvalue weighted by atomic mass is 10.1. The van der Waals surface area contributed by atoms with Gasteiger partial charge in [-0.05, 0) is 61.9 Å². The summed E-state index contributed by atoms with van der Waals surface area (Å²) in [5, 5.41) is 5.99. The Morgan fingerprint density at radius 1 is 1.00 bits per heavy atom. The third kappa shape index (κ3) is 7.31. The molecule has 31 heavy (non-hydrogen) atoms. The van der Waals surface area contributed by atoms with E-state index in [1.807, 2.05) is 29.2 Å². The van der Waals surface area contributed by atoms with Crippen LogP contribution in [0.2, 0.25) is 0 Å². The average Bonchev–Trinajstić information content (AvgIpc) is 2.78. The summed E-state index contributed by atoms with van der Waals surface area (Å²) in [5.41, 5.74) is 2.06. The molecule has 6 nitrogen and oxygen atoms in total. The fourth-order valence-corrected chi connectivity index (χ4v) is 3.51. The second-order valence-electron chi connectivity index (χ2n) is 8.39. The van der Waals surface area contributed by atoms with E-state index < -0.39 is 0 Å². The van der Waals surface area contributed by atoms with E-state index in [2.05, 4.69) is 24.5 Å². The normalized spacial score (nSPS) is 13.7. The molecule has 1 fully saturated rings. The van der Waals surface area contributed by atoms with E-state index >= 15 is 0 Å². The molecule has 1 saturated heterocycles. The lowest BCUT2D eigenvalue weighted by molar-refractivity contribution is -0.114. The van der Waals surface area contributed by atoms with Gasteiger partial charge in [-0.25, -0.2) is 0 Å². The molecule has 6 heteroatoms. The SMILES string of the molecule is CC(C)CCOc1cccc(NCC(=O)Nc2cccc(C(=O)N3CCCCC3)c2)c1. The number of carbonyl (C=O) groups is 2. The average molecular weight is 424 g/mol. The quantitative estimate of drug-likeness (QED) is 0.608. The van der Waals surface area contributed by atoms with Crippen LogP contribution in [0, 0.1) is 5.92 Å². The van der Waals surface area contributed by atoms with Gasteiger partial charge in [-0.3, -0.25) is 9.59 Å². The first-order valence-corrected chi connectivity index (χ1v) is 11.2. The zero-order chi connectivity index (χ0) is 22.1. The molecule has 1 aliphatic heterocycles. The molecule has 0 unspecified atom stereocenters. The molecule has 2 amide bonds. The Morgan fingerprint density at radius 2 is 1.74 bits per heavy atom. The van der Waals surface area contributed by atoms with Crippen LogP contribution in [0.4, 0.5) is 11.4 Å². The summed E-state index contributed by atoms with van der Waals surface area (Å²) in [6.45, 7) is 6.74. The third-order valence-corrected chi connectivity index (χ3v) is 5.29. The molecule has 3 rings (SSSR count). The summed E-state index contributed by atoms with van der Waals surface area (Å²) in [6, 6.07) is 14.8. The molecule has 0 radical (unpaired) electrons. The summed E-state index contributed by atoms with van der Waals surface area (Å²) in [6.07, 6.45) is 4.29. The number of hydrogen-bond acceptors (Lipinski definition) is 4. The summed E-state index contributed by atoms with van der Waals surface area (Å²) in [7, 11) is 0. The summed E-state index contributed by atoms with van der Waals surface area (Å²) >= 11 is 0. The Labute approximate surface area is 185 Å². The Kier molecular flexibility index (Phi) is 8.33. The van der Waals surface area contributed by atoms with Gasteiger partial charge < -0.3 is 20.3 Å². The monoisotopic (exact) mass is 423 g/mol. The van der Waals surface area contributed by atoms with Crippen LogP contribution in [-0.2, 0) is 4.79 Å². The van der Waals surface area contributed by atoms with Crippen molar-refractivity contribution in [1.82, 2.24) is 4.90 Å². The van der Waals surface area contributed by atoms with Crippen molar-refractivity contribution in [2.24, 2.45) is 5.92 Å². The Morgan fingerprint density at radius 3 is 2.52 bits per heavy atom. The molecule has 0 bridgehead atoms. The molecular formula is C25H33N3O3. The van der Waals surface area contributed by atoms with E-state index in [9.17, 15) is 9.59 Å². The fourth-order valence-electron chi connectivity index (χ4n) is 3.51. The topological polar surface area (TPSA) is 70.7 Å². The first kappa shape index (κ1) is 22.7. The highest BCUT2D eigenvalue weighted by Crippen LogP contribution is 2.19. The number of carbonyl (C=O) groups excluding carboxylic acids is 2. The van der Waals surface area contributed by atoms with Crippen LogP contribution in [0.15, 0.2) is 48.5 Å². The smallest absolute Gasteiger partial charge is 0.253 e. The van der Waals surface area contributed by atoms with Gasteiger partial charge in [0.15, 0.2) is 0 Å². The van der Waals surface area contributed by atoms with Crippen molar-refractivity contribution in [2.75, 3.05) is 36.9 Å². The molecule has 0 aliphatic carbocycles. The van der Waals surface area contributed by atoms with Gasteiger partial charge in [0, 0.05) is 36.1 Å². The van der Waals surface area contributed by atoms with Gasteiger partial charge in [0.2, 0.25) is 5.91 Å². The molecule has 1 aliphatic rings. The van der Waals surface area contributed by atoms with Crippen molar-refractivity contribution < 1.29 is 14.3 Å². The highest BCUT2D eigenvalue weighted by molar-refractivity contribution is 5.98. The number of piperidine rings is 1. The maximum atomic E-state index is 12.7. The van der Waals surface area contributed by atoms with Crippen LogP contribution in [0.1, 0.15) is 49.9 Å². The van der Waals surface area contributed by atoms with E-state index in [0.717, 1.165) is 43.8 Å². The number of nitrogens with zero attached hydrogens (tertiary/aromatic N) is 1. The first-order valence-electron chi connectivity index (χ1n) is 11.2. The lowest BCUT2D eigenvalue weighted by Crippen LogP contribution is -2.35. The predicted octanol–water partition coefficient (Wildman–Crippen LogP) is 4.79. The van der Waals surface area contributed by atoms with Gasteiger partial charge in [0.05, 0.1) is 13.2 Å². The number of rotatable bonds is 9. The number of benzene rings is 2. The van der Waals surface area contributed by atoms with E-state index in [0.29, 0.717) is 23.8 Å². The Balaban J connectivity index is 1.50. The van der Waals surface area contributed by atoms with E-state index in [-0.39, 0.29) is 18.4 Å². The zero-order valence-electron chi connectivity index (χ0n) is 18.5. The second kappa shape index (κ2) is 11.4. The molecule has 0 saturated carbocycles. The van der Waals surface area contributed by atoms with Crippen molar-refractivity contribution in [3.63, 3.8) is 0 Å². The minimum absolute atomic E-state index is 0.0307. The first-order chi connectivity index (χ1) is 15.0. The van der Waals surface area contributed by atoms with E-state index in [4.69, 9.17) is 4.74 Å². The van der Waals surface area contributed by atoms with Crippen LogP contribution in [0.5, 0.6) is 5.75 Å². The van der Waals surface area contributed by atoms with Crippen LogP contribution >= 0.6 is 0 Å². The molecule has 0 atom stereocenters. The van der Waals surface area contributed by atoms with E-state index in [1.54, 1.807) is 24.3 Å². The highest BCUT2D eigenvalue weighted by Gasteiger charge is 2.18. The van der Waals surface area contributed by atoms with E-state index in [1.165, 1.54) is 6.42 Å². The van der Waals surface area contributed by atoms with Crippen molar-refractivity contribution in [2.45, 2.75) is 39.5 Å². The predicted molar refractivity (Wildman–Crippen MR) is 125 cm³/mol. The van der Waals surface area contributed by atoms with Gasteiger partial charge >= 0.3 is 0 Å². The van der Waals surface area contributed by atoms with Crippen molar-refractivity contribution in [3.05, 3.63) is 54.1 Å². The van der Waals surface area contributed by atoms with Gasteiger partial charge in [-0.15, -0.1) is 0 Å². The van der Waals surface area contributed by atoms with Crippen LogP contribution < -0.4 is 15.4 Å². The molecule has 2 aromatic rings. The zero-order valence-corrected chi connectivity index (χ0v) is 18.5. The Bertz CT molecular complexity index is 876. The number of likely N-dealkylation sites (tertiary alicyclic amines) is 1. The number of anilines is 2. The summed E-state index contributed by atoms with van der Waals surface area (Å²) in [4.78, 5) is 27.0. The molecule has 166 valence electrons. The standard InChI is InChI=1S/C25H33N3O3/c1-19(2)12-15-31-23-11-7-9-21(17-23)26-18-24(29)27-22-10-6-8-20(16-22)25(30)28-13-4-3-5-14-28/h6-11,16-17,19,26H,3-5,12-15,18H2,1-2H3,(H,27,29). The van der Waals surface area contributed by atoms with Crippen LogP contribution in [-0.4, -0.2) is 43.0 Å². The molecular weight excluding hydrogens is 390 g/mol. The van der Waals surface area contributed by atoms with Gasteiger partial charge in [-0.1, -0.05) is 26.0 Å². The third-order valence-electron chi connectivity index (χ3n) is 5.29. The largest absolute Gasteiger partial charge is 0.494 e. The number of nitrogens with one attached hydrogen (secondary N) is 2. The molecule has 0 spiro atoms. The van der Waals surface area contributed by atoms with Crippen LogP contribution in [0.3, 0.4) is 0 Å². The van der Waals surface area contributed by atoms with Crippen molar-refractivity contribution >= 4 is 23.2 Å². The second-order valence-corrected chi connectivity index (χ2v) is 8.39. The molecule has 2 N–H and O–H groups in total. The van der Waals surface area contributed by atoms with Gasteiger partial charge in [-0.2, -0.15) is 0 Å². The van der Waals surface area contributed by atoms with Crippen LogP contribution in [0.25, 0.3) is 0 Å². The number of amides is 2. The molecule has 2 aromatic carbocycles. The summed E-state index contributed by atoms with van der Waals surface area (Å²) in [5.74, 6) is 1.24. The van der Waals surface area contributed by atoms with Gasteiger partial charge in [0.25, 0.3) is 5.91 Å². The maximum Gasteiger partial charge on any atom is 0.253 e. The summed E-state index contributed by atoms with van der Waals surface area (Å²) < 4.78 is 5.77. The molecule has 0 aromatic heterocycles. The number of hydrogen-bond donors (Lipinski definition) is 2.